The summed E-state index contributed by atoms with van der Waals surface area (Å²) in [5.41, 5.74) is 1.42. The number of phenolic OH excluding ortho intramolecular Hbond substituents is 1. The SMILES string of the molecule is CCc1c(O)c(=O)ccn1CCc1ccc(O)cc1. The Morgan fingerprint density at radius 3 is 2.42 bits per heavy atom. The molecule has 1 aromatic carbocycles. The molecule has 100 valence electrons. The smallest absolute Gasteiger partial charge is 0.223 e. The zero-order chi connectivity index (χ0) is 13.8. The van der Waals surface area contributed by atoms with Gasteiger partial charge in [0.05, 0.1) is 5.69 Å². The lowest BCUT2D eigenvalue weighted by atomic mass is 10.1. The van der Waals surface area contributed by atoms with E-state index >= 15 is 0 Å². The topological polar surface area (TPSA) is 62.5 Å². The largest absolute Gasteiger partial charge is 0.508 e. The van der Waals surface area contributed by atoms with Crippen molar-refractivity contribution in [2.45, 2.75) is 26.3 Å². The molecule has 1 heterocycles. The zero-order valence-corrected chi connectivity index (χ0v) is 10.8. The highest BCUT2D eigenvalue weighted by molar-refractivity contribution is 5.28. The molecule has 0 aliphatic heterocycles. The van der Waals surface area contributed by atoms with Crippen LogP contribution in [0.5, 0.6) is 11.5 Å². The predicted molar refractivity (Wildman–Crippen MR) is 73.6 cm³/mol. The second-order valence-corrected chi connectivity index (χ2v) is 4.44. The molecule has 0 amide bonds. The Bertz CT molecular complexity index is 614. The number of nitrogens with zero attached hydrogens (tertiary/aromatic N) is 1. The molecule has 2 rings (SSSR count). The van der Waals surface area contributed by atoms with Gasteiger partial charge in [-0.2, -0.15) is 0 Å². The van der Waals surface area contributed by atoms with Crippen LogP contribution < -0.4 is 5.43 Å². The van der Waals surface area contributed by atoms with Crippen molar-refractivity contribution in [2.24, 2.45) is 0 Å². The molecular weight excluding hydrogens is 242 g/mol. The standard InChI is InChI=1S/C15H17NO3/c1-2-13-15(19)14(18)8-10-16(13)9-7-11-3-5-12(17)6-4-11/h3-6,8,10,17,19H,2,7,9H2,1H3. The highest BCUT2D eigenvalue weighted by Gasteiger charge is 2.07. The van der Waals surface area contributed by atoms with E-state index in [1.54, 1.807) is 18.3 Å². The molecule has 0 radical (unpaired) electrons. The normalized spacial score (nSPS) is 10.6. The molecule has 2 N–H and O–H groups in total. The van der Waals surface area contributed by atoms with Gasteiger partial charge in [0, 0.05) is 18.8 Å². The van der Waals surface area contributed by atoms with E-state index in [9.17, 15) is 15.0 Å². The molecule has 4 nitrogen and oxygen atoms in total. The molecule has 0 bridgehead atoms. The molecule has 19 heavy (non-hydrogen) atoms. The van der Waals surface area contributed by atoms with Gasteiger partial charge in [-0.15, -0.1) is 0 Å². The van der Waals surface area contributed by atoms with Gasteiger partial charge < -0.3 is 14.8 Å². The van der Waals surface area contributed by atoms with Crippen LogP contribution in [-0.4, -0.2) is 14.8 Å². The quantitative estimate of drug-likeness (QED) is 0.883. The van der Waals surface area contributed by atoms with E-state index in [2.05, 4.69) is 0 Å². The van der Waals surface area contributed by atoms with E-state index in [-0.39, 0.29) is 16.9 Å². The van der Waals surface area contributed by atoms with E-state index in [1.807, 2.05) is 23.6 Å². The number of benzene rings is 1. The van der Waals surface area contributed by atoms with Crippen molar-refractivity contribution in [3.8, 4) is 11.5 Å². The maximum absolute atomic E-state index is 11.4. The summed E-state index contributed by atoms with van der Waals surface area (Å²) in [7, 11) is 0. The monoisotopic (exact) mass is 259 g/mol. The van der Waals surface area contributed by atoms with E-state index in [1.165, 1.54) is 6.07 Å². The van der Waals surface area contributed by atoms with Crippen LogP contribution in [0.25, 0.3) is 0 Å². The molecule has 0 saturated carbocycles. The van der Waals surface area contributed by atoms with Crippen LogP contribution >= 0.6 is 0 Å². The number of hydrogen-bond acceptors (Lipinski definition) is 3. The van der Waals surface area contributed by atoms with Gasteiger partial charge in [0.15, 0.2) is 5.75 Å². The molecule has 0 spiro atoms. The minimum atomic E-state index is -0.335. The lowest BCUT2D eigenvalue weighted by Crippen LogP contribution is -2.13. The summed E-state index contributed by atoms with van der Waals surface area (Å²) in [6.07, 6.45) is 3.09. The molecular formula is C15H17NO3. The molecule has 4 heteroatoms. The maximum atomic E-state index is 11.4. The number of rotatable bonds is 4. The zero-order valence-electron chi connectivity index (χ0n) is 10.8. The fourth-order valence-electron chi connectivity index (χ4n) is 2.10. The first-order chi connectivity index (χ1) is 9.11. The van der Waals surface area contributed by atoms with Crippen molar-refractivity contribution >= 4 is 0 Å². The van der Waals surface area contributed by atoms with Crippen LogP contribution in [0, 0.1) is 0 Å². The fraction of sp³-hybridized carbons (Fsp3) is 0.267. The Labute approximate surface area is 111 Å². The summed E-state index contributed by atoms with van der Waals surface area (Å²) in [6, 6.07) is 8.41. The van der Waals surface area contributed by atoms with Crippen molar-refractivity contribution in [3.05, 3.63) is 58.0 Å². The van der Waals surface area contributed by atoms with Crippen molar-refractivity contribution in [1.29, 1.82) is 0 Å². The second kappa shape index (κ2) is 5.61. The predicted octanol–water partition coefficient (Wildman–Crippen LogP) is 2.06. The summed E-state index contributed by atoms with van der Waals surface area (Å²) in [5, 5.41) is 19.0. The average Bonchev–Trinajstić information content (AvgIpc) is 2.42. The second-order valence-electron chi connectivity index (χ2n) is 4.44. The first-order valence-electron chi connectivity index (χ1n) is 6.31. The highest BCUT2D eigenvalue weighted by atomic mass is 16.3. The van der Waals surface area contributed by atoms with Crippen LogP contribution in [0.4, 0.5) is 0 Å². The number of hydrogen-bond donors (Lipinski definition) is 2. The van der Waals surface area contributed by atoms with Crippen LogP contribution in [0.2, 0.25) is 0 Å². The molecule has 0 saturated heterocycles. The number of aromatic nitrogens is 1. The van der Waals surface area contributed by atoms with Crippen LogP contribution in [0.15, 0.2) is 41.3 Å². The van der Waals surface area contributed by atoms with Crippen molar-refractivity contribution in [2.75, 3.05) is 0 Å². The lowest BCUT2D eigenvalue weighted by Gasteiger charge is -2.13. The fourth-order valence-corrected chi connectivity index (χ4v) is 2.10. The van der Waals surface area contributed by atoms with Crippen LogP contribution in [0.1, 0.15) is 18.2 Å². The number of aryl methyl sites for hydroxylation is 2. The minimum Gasteiger partial charge on any atom is -0.508 e. The van der Waals surface area contributed by atoms with Crippen LogP contribution in [0.3, 0.4) is 0 Å². The molecule has 0 fully saturated rings. The molecule has 0 aliphatic rings. The number of aromatic hydroxyl groups is 2. The van der Waals surface area contributed by atoms with Gasteiger partial charge >= 0.3 is 0 Å². The number of phenols is 1. The van der Waals surface area contributed by atoms with Gasteiger partial charge in [0.1, 0.15) is 5.75 Å². The third-order valence-corrected chi connectivity index (χ3v) is 3.17. The van der Waals surface area contributed by atoms with Crippen molar-refractivity contribution in [1.82, 2.24) is 4.57 Å². The minimum absolute atomic E-state index is 0.157. The first kappa shape index (κ1) is 13.2. The molecule has 2 aromatic rings. The maximum Gasteiger partial charge on any atom is 0.223 e. The average molecular weight is 259 g/mol. The van der Waals surface area contributed by atoms with Gasteiger partial charge in [0.2, 0.25) is 5.43 Å². The highest BCUT2D eigenvalue weighted by Crippen LogP contribution is 2.14. The molecule has 0 atom stereocenters. The number of pyridine rings is 1. The van der Waals surface area contributed by atoms with Crippen LogP contribution in [-0.2, 0) is 19.4 Å². The van der Waals surface area contributed by atoms with Crippen molar-refractivity contribution in [3.63, 3.8) is 0 Å². The third kappa shape index (κ3) is 2.96. The van der Waals surface area contributed by atoms with E-state index in [0.717, 1.165) is 12.0 Å². The molecule has 0 unspecified atom stereocenters. The summed E-state index contributed by atoms with van der Waals surface area (Å²) in [6.45, 7) is 2.59. The summed E-state index contributed by atoms with van der Waals surface area (Å²) in [5.74, 6) is 0.0923. The lowest BCUT2D eigenvalue weighted by molar-refractivity contribution is 0.448. The molecule has 1 aromatic heterocycles. The van der Waals surface area contributed by atoms with Gasteiger partial charge in [-0.1, -0.05) is 19.1 Å². The third-order valence-electron chi connectivity index (χ3n) is 3.17. The van der Waals surface area contributed by atoms with E-state index < -0.39 is 0 Å². The van der Waals surface area contributed by atoms with E-state index in [0.29, 0.717) is 18.7 Å². The summed E-state index contributed by atoms with van der Waals surface area (Å²) in [4.78, 5) is 11.4. The summed E-state index contributed by atoms with van der Waals surface area (Å²) >= 11 is 0. The van der Waals surface area contributed by atoms with Crippen molar-refractivity contribution < 1.29 is 10.2 Å². The molecule has 0 aliphatic carbocycles. The van der Waals surface area contributed by atoms with E-state index in [4.69, 9.17) is 0 Å². The first-order valence-corrected chi connectivity index (χ1v) is 6.31. The van der Waals surface area contributed by atoms with Gasteiger partial charge in [-0.3, -0.25) is 4.79 Å². The Morgan fingerprint density at radius 1 is 1.11 bits per heavy atom. The summed E-state index contributed by atoms with van der Waals surface area (Å²) < 4.78 is 1.89. The van der Waals surface area contributed by atoms with Gasteiger partial charge in [-0.05, 0) is 30.5 Å². The Hall–Kier alpha value is -2.23. The van der Waals surface area contributed by atoms with Gasteiger partial charge in [-0.25, -0.2) is 0 Å². The Morgan fingerprint density at radius 2 is 1.79 bits per heavy atom. The Balaban J connectivity index is 2.18. The van der Waals surface area contributed by atoms with Gasteiger partial charge in [0.25, 0.3) is 0 Å². The Kier molecular flexibility index (Phi) is 3.90.